The van der Waals surface area contributed by atoms with E-state index >= 15 is 0 Å². The molecule has 0 saturated heterocycles. The Hall–Kier alpha value is -1.50. The van der Waals surface area contributed by atoms with E-state index in [1.165, 1.54) is 0 Å². The molecule has 0 aromatic rings. The van der Waals surface area contributed by atoms with Crippen molar-refractivity contribution in [2.45, 2.75) is 48.5 Å². The van der Waals surface area contributed by atoms with Gasteiger partial charge in [0, 0.05) is 6.61 Å². The van der Waals surface area contributed by atoms with Crippen LogP contribution < -0.4 is 0 Å². The van der Waals surface area contributed by atoms with Crippen LogP contribution in [0, 0.1) is 11.8 Å². The van der Waals surface area contributed by atoms with Crippen LogP contribution in [0.5, 0.6) is 0 Å². The molecule has 0 aliphatic rings. The fourth-order valence-electron chi connectivity index (χ4n) is 0. The number of carboxylic acid groups (broad SMARTS) is 4. The molecular weight excluding hydrogens is 256 g/mol. The summed E-state index contributed by atoms with van der Waals surface area (Å²) < 4.78 is 0. The van der Waals surface area contributed by atoms with Crippen molar-refractivity contribution in [1.82, 2.24) is 0 Å². The van der Waals surface area contributed by atoms with Gasteiger partial charge < -0.3 is 25.5 Å². The number of rotatable bonds is 0. The number of aliphatic hydroxyl groups excluding tert-OH is 1. The van der Waals surface area contributed by atoms with Crippen LogP contribution in [0.3, 0.4) is 0 Å². The lowest BCUT2D eigenvalue weighted by atomic mass is 10.3. The van der Waals surface area contributed by atoms with Gasteiger partial charge in [0.15, 0.2) is 0 Å². The standard InChI is InChI=1S/2C4H10.C2H6O.2CH2O3/c2*1-4(2)3;1-2-3;2*2-1(3)4/h2*4H,1-3H3;3H,2H2,1H3;2*(H2,2,3,4). The highest BCUT2D eigenvalue weighted by atomic mass is 16.6. The fraction of sp³-hybridized carbons (Fsp3) is 0.833. The maximum absolute atomic E-state index is 8.56. The molecule has 0 heterocycles. The molecule has 19 heavy (non-hydrogen) atoms. The zero-order valence-corrected chi connectivity index (χ0v) is 12.9. The molecule has 0 aromatic heterocycles. The van der Waals surface area contributed by atoms with Crippen LogP contribution in [0.2, 0.25) is 0 Å². The molecule has 0 aliphatic heterocycles. The van der Waals surface area contributed by atoms with Crippen LogP contribution in [0.25, 0.3) is 0 Å². The van der Waals surface area contributed by atoms with Crippen LogP contribution in [-0.2, 0) is 0 Å². The van der Waals surface area contributed by atoms with E-state index in [0.717, 1.165) is 11.8 Å². The van der Waals surface area contributed by atoms with Gasteiger partial charge in [0.2, 0.25) is 0 Å². The van der Waals surface area contributed by atoms with Gasteiger partial charge in [-0.25, -0.2) is 9.59 Å². The Kier molecular flexibility index (Phi) is 48.1. The molecule has 120 valence electrons. The molecule has 0 unspecified atom stereocenters. The molecule has 0 bridgehead atoms. The lowest BCUT2D eigenvalue weighted by molar-refractivity contribution is 0.135. The Morgan fingerprint density at radius 2 is 0.737 bits per heavy atom. The lowest BCUT2D eigenvalue weighted by Gasteiger charge is -1.79. The highest BCUT2D eigenvalue weighted by Gasteiger charge is 1.70. The molecule has 0 atom stereocenters. The molecule has 0 spiro atoms. The smallest absolute Gasteiger partial charge is 0.450 e. The summed E-state index contributed by atoms with van der Waals surface area (Å²) in [5, 5.41) is 35.5. The molecule has 0 rings (SSSR count). The first kappa shape index (κ1) is 30.5. The first-order chi connectivity index (χ1) is 8.34. The monoisotopic (exact) mass is 286 g/mol. The third kappa shape index (κ3) is 1540. The van der Waals surface area contributed by atoms with Gasteiger partial charge in [-0.2, -0.15) is 0 Å². The second-order valence-corrected chi connectivity index (χ2v) is 4.35. The second-order valence-electron chi connectivity index (χ2n) is 4.35. The van der Waals surface area contributed by atoms with Gasteiger partial charge in [-0.15, -0.1) is 0 Å². The average Bonchev–Trinajstić information content (AvgIpc) is 1.97. The van der Waals surface area contributed by atoms with Crippen molar-refractivity contribution < 1.29 is 35.1 Å². The lowest BCUT2D eigenvalue weighted by Crippen LogP contribution is -1.81. The van der Waals surface area contributed by atoms with E-state index in [1.807, 2.05) is 0 Å². The highest BCUT2D eigenvalue weighted by molar-refractivity contribution is 5.53. The van der Waals surface area contributed by atoms with Gasteiger partial charge in [0.1, 0.15) is 0 Å². The van der Waals surface area contributed by atoms with Crippen molar-refractivity contribution in [1.29, 1.82) is 0 Å². The first-order valence-electron chi connectivity index (χ1n) is 5.79. The molecule has 5 N–H and O–H groups in total. The summed E-state index contributed by atoms with van der Waals surface area (Å²) in [5.74, 6) is 1.67. The number of hydrogen-bond donors (Lipinski definition) is 5. The second kappa shape index (κ2) is 30.0. The van der Waals surface area contributed by atoms with Crippen LogP contribution in [-0.4, -0.2) is 44.5 Å². The van der Waals surface area contributed by atoms with Crippen molar-refractivity contribution in [3.63, 3.8) is 0 Å². The third-order valence-corrected chi connectivity index (χ3v) is 0. The zero-order chi connectivity index (χ0) is 17.0. The minimum absolute atomic E-state index is 0.250. The Morgan fingerprint density at radius 1 is 0.737 bits per heavy atom. The summed E-state index contributed by atoms with van der Waals surface area (Å²) in [6, 6.07) is 0. The summed E-state index contributed by atoms with van der Waals surface area (Å²) in [7, 11) is 0. The molecule has 0 fully saturated rings. The Balaban J connectivity index is -0.0000000432. The van der Waals surface area contributed by atoms with E-state index in [9.17, 15) is 0 Å². The van der Waals surface area contributed by atoms with Crippen molar-refractivity contribution in [2.75, 3.05) is 6.61 Å². The largest absolute Gasteiger partial charge is 0.503 e. The van der Waals surface area contributed by atoms with Gasteiger partial charge in [0.05, 0.1) is 0 Å². The van der Waals surface area contributed by atoms with E-state index in [1.54, 1.807) is 6.92 Å². The predicted octanol–water partition coefficient (Wildman–Crippen LogP) is 3.77. The van der Waals surface area contributed by atoms with Crippen molar-refractivity contribution in [2.24, 2.45) is 11.8 Å². The van der Waals surface area contributed by atoms with Crippen LogP contribution in [0.15, 0.2) is 0 Å². The minimum atomic E-state index is -1.83. The zero-order valence-electron chi connectivity index (χ0n) is 12.9. The Morgan fingerprint density at radius 3 is 0.737 bits per heavy atom. The van der Waals surface area contributed by atoms with E-state index in [0.29, 0.717) is 0 Å². The Labute approximate surface area is 115 Å². The van der Waals surface area contributed by atoms with E-state index in [2.05, 4.69) is 41.5 Å². The molecule has 0 saturated carbocycles. The number of hydrogen-bond acceptors (Lipinski definition) is 3. The normalized spacial score (nSPS) is 7.26. The topological polar surface area (TPSA) is 135 Å². The van der Waals surface area contributed by atoms with Crippen LogP contribution >= 0.6 is 0 Å². The highest BCUT2D eigenvalue weighted by Crippen LogP contribution is 1.81. The van der Waals surface area contributed by atoms with Gasteiger partial charge in [-0.3, -0.25) is 0 Å². The van der Waals surface area contributed by atoms with Crippen LogP contribution in [0.4, 0.5) is 9.59 Å². The predicted molar refractivity (Wildman–Crippen MR) is 75.1 cm³/mol. The first-order valence-corrected chi connectivity index (χ1v) is 5.79. The van der Waals surface area contributed by atoms with Crippen LogP contribution in [0.1, 0.15) is 48.5 Å². The quantitative estimate of drug-likeness (QED) is 0.457. The van der Waals surface area contributed by atoms with Crippen molar-refractivity contribution in [3.8, 4) is 0 Å². The van der Waals surface area contributed by atoms with E-state index in [4.69, 9.17) is 35.1 Å². The molecule has 0 aliphatic carbocycles. The maximum atomic E-state index is 8.56. The molecular formula is C12H30O7. The summed E-state index contributed by atoms with van der Waals surface area (Å²) in [4.78, 5) is 17.1. The molecule has 0 aromatic carbocycles. The summed E-state index contributed by atoms with van der Waals surface area (Å²) in [6.07, 6.45) is -3.67. The van der Waals surface area contributed by atoms with Gasteiger partial charge in [-0.1, -0.05) is 41.5 Å². The molecule has 0 amide bonds. The summed E-state index contributed by atoms with van der Waals surface area (Å²) >= 11 is 0. The van der Waals surface area contributed by atoms with E-state index < -0.39 is 12.3 Å². The fourth-order valence-corrected chi connectivity index (χ4v) is 0. The molecule has 7 heteroatoms. The minimum Gasteiger partial charge on any atom is -0.450 e. The maximum Gasteiger partial charge on any atom is 0.503 e. The van der Waals surface area contributed by atoms with Gasteiger partial charge in [0.25, 0.3) is 0 Å². The molecule has 0 radical (unpaired) electrons. The average molecular weight is 286 g/mol. The van der Waals surface area contributed by atoms with Gasteiger partial charge in [-0.05, 0) is 18.8 Å². The number of carbonyl (C=O) groups is 2. The van der Waals surface area contributed by atoms with Crippen molar-refractivity contribution in [3.05, 3.63) is 0 Å². The molecule has 7 nitrogen and oxygen atoms in total. The van der Waals surface area contributed by atoms with E-state index in [-0.39, 0.29) is 6.61 Å². The SMILES string of the molecule is CC(C)C.CC(C)C.CCO.O=C(O)O.O=C(O)O. The van der Waals surface area contributed by atoms with Gasteiger partial charge >= 0.3 is 12.3 Å². The third-order valence-electron chi connectivity index (χ3n) is 0. The summed E-state index contributed by atoms with van der Waals surface area (Å²) in [5.41, 5.74) is 0. The van der Waals surface area contributed by atoms with Crippen molar-refractivity contribution >= 4 is 12.3 Å². The Bertz CT molecular complexity index is 136. The number of aliphatic hydroxyl groups is 1. The summed E-state index contributed by atoms with van der Waals surface area (Å²) in [6.45, 7) is 14.9.